The molecular formula is H4CrCuNO5. The molecule has 0 unspecified atom stereocenters. The van der Waals surface area contributed by atoms with Gasteiger partial charge in [-0.15, -0.1) is 0 Å². The van der Waals surface area contributed by atoms with Gasteiger partial charge in [0.2, 0.25) is 0 Å². The molecular weight excluding hydrogens is 210 g/mol. The van der Waals surface area contributed by atoms with E-state index in [4.69, 9.17) is 21.1 Å². The summed E-state index contributed by atoms with van der Waals surface area (Å²) >= 11 is -5.75. The Bertz CT molecular complexity index is 95.6. The number of hydrogen-bond donors (Lipinski definition) is 2. The van der Waals surface area contributed by atoms with Crippen LogP contribution in [0.1, 0.15) is 0 Å². The molecule has 8 heavy (non-hydrogen) atoms. The van der Waals surface area contributed by atoms with Crippen molar-refractivity contribution in [3.63, 3.8) is 0 Å². The minimum absolute atomic E-state index is 0. The van der Waals surface area contributed by atoms with Gasteiger partial charge in [0.15, 0.2) is 0 Å². The van der Waals surface area contributed by atoms with E-state index in [0.717, 1.165) is 0 Å². The van der Waals surface area contributed by atoms with Gasteiger partial charge in [-0.3, -0.25) is 0 Å². The molecule has 56 valence electrons. The van der Waals surface area contributed by atoms with Crippen LogP contribution in [0.4, 0.5) is 0 Å². The fraction of sp³-hybridized carbons (Fsp3) is 0. The molecule has 0 aromatic heterocycles. The Hall–Kier alpha value is 0.492. The second kappa shape index (κ2) is 7.49. The van der Waals surface area contributed by atoms with Gasteiger partial charge in [-0.2, -0.15) is 0 Å². The topological polar surface area (TPSA) is 128 Å². The van der Waals surface area contributed by atoms with Gasteiger partial charge in [0.1, 0.15) is 0 Å². The van der Waals surface area contributed by atoms with E-state index in [0.29, 0.717) is 0 Å². The summed E-state index contributed by atoms with van der Waals surface area (Å²) in [5.41, 5.74) is 0. The molecule has 0 radical (unpaired) electrons. The molecule has 0 saturated carbocycles. The van der Waals surface area contributed by atoms with Crippen LogP contribution in [0.25, 0.3) is 0 Å². The van der Waals surface area contributed by atoms with E-state index < -0.39 is 13.6 Å². The van der Waals surface area contributed by atoms with Crippen LogP contribution in [-0.4, -0.2) is 5.21 Å². The molecule has 0 amide bonds. The van der Waals surface area contributed by atoms with E-state index in [9.17, 15) is 0 Å². The zero-order valence-electron chi connectivity index (χ0n) is 3.50. The molecule has 0 aromatic carbocycles. The van der Waals surface area contributed by atoms with Crippen molar-refractivity contribution in [2.45, 2.75) is 0 Å². The Kier molecular flexibility index (Phi) is 14.8. The van der Waals surface area contributed by atoms with E-state index >= 15 is 0 Å². The Morgan fingerprint density at radius 3 is 1.25 bits per heavy atom. The first-order valence-electron chi connectivity index (χ1n) is 0.983. The molecule has 6 nitrogen and oxygen atoms in total. The molecule has 0 aliphatic carbocycles. The van der Waals surface area contributed by atoms with Crippen LogP contribution < -0.4 is 14.2 Å². The van der Waals surface area contributed by atoms with E-state index in [1.54, 1.807) is 0 Å². The zero-order chi connectivity index (χ0) is 6.50. The van der Waals surface area contributed by atoms with Crippen molar-refractivity contribution < 1.29 is 57.7 Å². The molecule has 0 fully saturated rings. The first-order chi connectivity index (χ1) is 3.00. The molecule has 4 N–H and O–H groups in total. The Morgan fingerprint density at radius 2 is 1.25 bits per heavy atom. The molecule has 0 saturated heterocycles. The molecule has 0 spiro atoms. The molecule has 0 rings (SSSR count). The van der Waals surface area contributed by atoms with Crippen LogP contribution in [0.5, 0.6) is 0 Å². The summed E-state index contributed by atoms with van der Waals surface area (Å²) in [7, 11) is 0. The molecule has 0 aliphatic heterocycles. The summed E-state index contributed by atoms with van der Waals surface area (Å²) in [6.45, 7) is 0. The predicted octanol–water partition coefficient (Wildman–Crippen LogP) is -4.00. The number of quaternary nitrogens is 1. The summed E-state index contributed by atoms with van der Waals surface area (Å²) in [6, 6.07) is 0. The third-order valence-electron chi connectivity index (χ3n) is 0. The summed E-state index contributed by atoms with van der Waals surface area (Å²) < 4.78 is 34.4. The SMILES string of the molecule is [Cu+].[NH3+]O.[O]=[Cr](=[O])([O-])[O-]. The van der Waals surface area contributed by atoms with E-state index in [1.807, 2.05) is 0 Å². The van der Waals surface area contributed by atoms with E-state index in [-0.39, 0.29) is 17.1 Å². The predicted molar refractivity (Wildman–Crippen MR) is 6.05 cm³/mol. The van der Waals surface area contributed by atoms with Crippen molar-refractivity contribution in [1.29, 1.82) is 0 Å². The van der Waals surface area contributed by atoms with Crippen molar-refractivity contribution >= 4 is 0 Å². The van der Waals surface area contributed by atoms with Gasteiger partial charge < -0.3 is 0 Å². The van der Waals surface area contributed by atoms with Gasteiger partial charge in [0.05, 0.1) is 0 Å². The van der Waals surface area contributed by atoms with Crippen LogP contribution in [0.2, 0.25) is 0 Å². The van der Waals surface area contributed by atoms with Crippen LogP contribution >= 0.6 is 0 Å². The second-order valence-electron chi connectivity index (χ2n) is 0.408. The van der Waals surface area contributed by atoms with E-state index in [2.05, 4.69) is 5.90 Å². The maximum absolute atomic E-state index is 8.59. The second-order valence-corrected chi connectivity index (χ2v) is 1.68. The Labute approximate surface area is 58.1 Å². The fourth-order valence-corrected chi connectivity index (χ4v) is 0. The van der Waals surface area contributed by atoms with Crippen molar-refractivity contribution in [2.75, 3.05) is 0 Å². The van der Waals surface area contributed by atoms with Crippen LogP contribution in [-0.2, 0) is 38.3 Å². The van der Waals surface area contributed by atoms with Crippen molar-refractivity contribution in [1.82, 2.24) is 0 Å². The molecule has 0 aromatic rings. The average molecular weight is 214 g/mol. The zero-order valence-corrected chi connectivity index (χ0v) is 5.71. The Morgan fingerprint density at radius 1 is 1.25 bits per heavy atom. The summed E-state index contributed by atoms with van der Waals surface area (Å²) in [6.07, 6.45) is 0. The maximum atomic E-state index is 8.59. The third-order valence-corrected chi connectivity index (χ3v) is 0. The number of rotatable bonds is 0. The first-order valence-corrected chi connectivity index (χ1v) is 3.06. The Balaban J connectivity index is -0.0000000750. The van der Waals surface area contributed by atoms with Gasteiger partial charge in [-0.05, 0) is 0 Å². The third kappa shape index (κ3) is 809. The summed E-state index contributed by atoms with van der Waals surface area (Å²) in [5, 5.41) is 6.75. The van der Waals surface area contributed by atoms with Gasteiger partial charge >= 0.3 is 46.6 Å². The van der Waals surface area contributed by atoms with Crippen molar-refractivity contribution in [2.24, 2.45) is 0 Å². The average Bonchev–Trinajstić information content (AvgIpc) is 1.36. The first kappa shape index (κ1) is 15.8. The van der Waals surface area contributed by atoms with Gasteiger partial charge in [-0.25, -0.2) is 11.1 Å². The number of hydrogen-bond acceptors (Lipinski definition) is 5. The monoisotopic (exact) mass is 213 g/mol. The van der Waals surface area contributed by atoms with Crippen LogP contribution in [0, 0.1) is 0 Å². The molecule has 0 bridgehead atoms. The van der Waals surface area contributed by atoms with Crippen molar-refractivity contribution in [3.8, 4) is 0 Å². The van der Waals surface area contributed by atoms with Crippen LogP contribution in [0.15, 0.2) is 0 Å². The molecule has 0 aliphatic rings. The van der Waals surface area contributed by atoms with Gasteiger partial charge in [0, 0.05) is 0 Å². The van der Waals surface area contributed by atoms with Gasteiger partial charge in [-0.1, -0.05) is 0 Å². The standard InChI is InChI=1S/Cr.Cu.H4NO.4O/c;;1-2;;;;/h;;2H,1H3;;;;/q;2*+1;;;2*-1. The summed E-state index contributed by atoms with van der Waals surface area (Å²) in [5.74, 6) is 2.25. The summed E-state index contributed by atoms with van der Waals surface area (Å²) in [4.78, 5) is 0. The fourth-order valence-electron chi connectivity index (χ4n) is 0. The molecule has 8 heteroatoms. The molecule has 0 atom stereocenters. The normalized spacial score (nSPS) is 8.00. The van der Waals surface area contributed by atoms with Crippen LogP contribution in [0.3, 0.4) is 0 Å². The van der Waals surface area contributed by atoms with Gasteiger partial charge in [0.25, 0.3) is 0 Å². The van der Waals surface area contributed by atoms with E-state index in [1.165, 1.54) is 0 Å². The molecule has 0 heterocycles. The quantitative estimate of drug-likeness (QED) is 0.313. The van der Waals surface area contributed by atoms with Crippen molar-refractivity contribution in [3.05, 3.63) is 0 Å². The minimum atomic E-state index is -5.75.